The summed E-state index contributed by atoms with van der Waals surface area (Å²) in [4.78, 5) is 35.0. The van der Waals surface area contributed by atoms with Gasteiger partial charge in [0.1, 0.15) is 6.10 Å². The largest absolute Gasteiger partial charge is 0.469 e. The van der Waals surface area contributed by atoms with Gasteiger partial charge in [-0.25, -0.2) is 4.79 Å². The Hall–Kier alpha value is -2.44. The van der Waals surface area contributed by atoms with Gasteiger partial charge in [0.05, 0.1) is 17.6 Å². The Morgan fingerprint density at radius 1 is 1.00 bits per heavy atom. The van der Waals surface area contributed by atoms with Crippen LogP contribution in [-0.4, -0.2) is 30.1 Å². The molecule has 214 valence electrons. The normalized spacial score (nSPS) is 38.1. The monoisotopic (exact) mass is 539 g/mol. The number of carbonyl (C=O) groups is 2. The van der Waals surface area contributed by atoms with Crippen LogP contribution in [0.3, 0.4) is 0 Å². The van der Waals surface area contributed by atoms with E-state index in [2.05, 4.69) is 20.8 Å². The number of carbonyl (C=O) groups excluding carboxylic acids is 2. The van der Waals surface area contributed by atoms with Crippen LogP contribution in [-0.2, 0) is 14.3 Å². The number of fused-ring (bicyclic) bond motifs is 5. The van der Waals surface area contributed by atoms with Gasteiger partial charge in [-0.15, -0.1) is 0 Å². The van der Waals surface area contributed by atoms with Crippen molar-refractivity contribution < 1.29 is 24.0 Å². The summed E-state index contributed by atoms with van der Waals surface area (Å²) >= 11 is 0. The number of hydrogen-bond donors (Lipinski definition) is 0. The Morgan fingerprint density at radius 2 is 1.69 bits per heavy atom. The highest BCUT2D eigenvalue weighted by Gasteiger charge is 2.60. The molecular formula is C32H45NO6. The highest BCUT2D eigenvalue weighted by molar-refractivity contribution is 5.89. The van der Waals surface area contributed by atoms with E-state index in [1.807, 2.05) is 0 Å². The van der Waals surface area contributed by atoms with Gasteiger partial charge in [-0.1, -0.05) is 20.8 Å². The molecular weight excluding hydrogens is 494 g/mol. The number of esters is 2. The number of hydrogen-bond acceptors (Lipinski definition) is 6. The van der Waals surface area contributed by atoms with Crippen LogP contribution in [0.15, 0.2) is 24.3 Å². The maximum absolute atomic E-state index is 12.8. The van der Waals surface area contributed by atoms with Gasteiger partial charge in [-0.05, 0) is 123 Å². The summed E-state index contributed by atoms with van der Waals surface area (Å²) < 4.78 is 10.8. The van der Waals surface area contributed by atoms with E-state index in [-0.39, 0.29) is 23.7 Å². The molecule has 4 aliphatic rings. The fraction of sp³-hybridized carbons (Fsp3) is 0.750. The van der Waals surface area contributed by atoms with Gasteiger partial charge in [0, 0.05) is 18.6 Å². The third kappa shape index (κ3) is 5.11. The van der Waals surface area contributed by atoms with E-state index in [1.54, 1.807) is 0 Å². The molecule has 0 unspecified atom stereocenters. The minimum atomic E-state index is -0.460. The van der Waals surface area contributed by atoms with Crippen LogP contribution < -0.4 is 0 Å². The van der Waals surface area contributed by atoms with Crippen molar-refractivity contribution in [3.8, 4) is 0 Å². The minimum absolute atomic E-state index is 0.0236. The van der Waals surface area contributed by atoms with E-state index in [1.165, 1.54) is 69.9 Å². The molecule has 0 bridgehead atoms. The van der Waals surface area contributed by atoms with Crippen LogP contribution >= 0.6 is 0 Å². The second-order valence-corrected chi connectivity index (χ2v) is 13.6. The summed E-state index contributed by atoms with van der Waals surface area (Å²) in [5.41, 5.74) is 1.03. The van der Waals surface area contributed by atoms with Crippen LogP contribution in [0.2, 0.25) is 0 Å². The number of ether oxygens (including phenoxy) is 2. The van der Waals surface area contributed by atoms with Crippen molar-refractivity contribution in [2.24, 2.45) is 46.3 Å². The van der Waals surface area contributed by atoms with E-state index < -0.39 is 4.92 Å². The van der Waals surface area contributed by atoms with E-state index in [0.717, 1.165) is 43.4 Å². The molecule has 4 aliphatic carbocycles. The number of non-ortho nitro benzene ring substituents is 1. The van der Waals surface area contributed by atoms with Crippen molar-refractivity contribution in [1.82, 2.24) is 0 Å². The predicted octanol–water partition coefficient (Wildman–Crippen LogP) is 7.37. The number of nitro benzene ring substituents is 1. The SMILES string of the molecule is COC(=O)CC[C@@H](C)[C@H]1CC[C@H]2[C@@H]3CC[C@@H]4C[C@H](OC(=O)c5ccc([N+](=O)[O-])cc5)CC[C@]4(C)[C@H]3CC[C@]12C. The molecule has 4 fully saturated rings. The molecule has 0 radical (unpaired) electrons. The molecule has 0 heterocycles. The maximum atomic E-state index is 12.8. The first-order valence-corrected chi connectivity index (χ1v) is 15.1. The summed E-state index contributed by atoms with van der Waals surface area (Å²) in [6.45, 7) is 7.44. The lowest BCUT2D eigenvalue weighted by atomic mass is 9.44. The topological polar surface area (TPSA) is 95.7 Å². The van der Waals surface area contributed by atoms with Gasteiger partial charge >= 0.3 is 11.9 Å². The molecule has 0 aliphatic heterocycles. The van der Waals surface area contributed by atoms with Crippen LogP contribution in [0.5, 0.6) is 0 Å². The fourth-order valence-electron chi connectivity index (χ4n) is 9.89. The minimum Gasteiger partial charge on any atom is -0.469 e. The Balaban J connectivity index is 1.21. The number of benzene rings is 1. The molecule has 5 rings (SSSR count). The molecule has 0 spiro atoms. The first kappa shape index (κ1) is 28.1. The predicted molar refractivity (Wildman–Crippen MR) is 148 cm³/mol. The average molecular weight is 540 g/mol. The summed E-state index contributed by atoms with van der Waals surface area (Å²) in [6.07, 6.45) is 11.9. The molecule has 0 saturated heterocycles. The first-order valence-electron chi connectivity index (χ1n) is 15.1. The van der Waals surface area contributed by atoms with Gasteiger partial charge in [0.25, 0.3) is 5.69 Å². The summed E-state index contributed by atoms with van der Waals surface area (Å²) in [5, 5.41) is 10.9. The Kier molecular flexibility index (Phi) is 7.82. The standard InChI is InChI=1S/C32H45NO6/c1-20(5-14-29(34)38-4)26-12-13-27-25-11-8-22-19-24(15-17-31(22,2)28(25)16-18-32(26,27)3)39-30(35)21-6-9-23(10-7-21)33(36)37/h6-7,9-10,20,22,24-28H,5,8,11-19H2,1-4H3/t20-,22-,24-,25+,26-,27+,28+,31+,32-/m1/s1. The molecule has 1 aromatic carbocycles. The molecule has 39 heavy (non-hydrogen) atoms. The Labute approximate surface area is 232 Å². The zero-order valence-electron chi connectivity index (χ0n) is 24.0. The molecule has 0 N–H and O–H groups in total. The highest BCUT2D eigenvalue weighted by Crippen LogP contribution is 2.68. The smallest absolute Gasteiger partial charge is 0.338 e. The third-order valence-electron chi connectivity index (χ3n) is 12.0. The van der Waals surface area contributed by atoms with Crippen LogP contribution in [0.25, 0.3) is 0 Å². The molecule has 0 aromatic heterocycles. The van der Waals surface area contributed by atoms with Crippen LogP contribution in [0.4, 0.5) is 5.69 Å². The zero-order valence-corrected chi connectivity index (χ0v) is 24.0. The second-order valence-electron chi connectivity index (χ2n) is 13.6. The van der Waals surface area contributed by atoms with Gasteiger partial charge in [0.15, 0.2) is 0 Å². The van der Waals surface area contributed by atoms with Crippen molar-refractivity contribution in [2.45, 2.75) is 97.5 Å². The zero-order chi connectivity index (χ0) is 27.9. The van der Waals surface area contributed by atoms with Gasteiger partial charge in [-0.3, -0.25) is 14.9 Å². The molecule has 9 atom stereocenters. The second kappa shape index (κ2) is 10.9. The molecule has 7 heteroatoms. The van der Waals surface area contributed by atoms with Crippen molar-refractivity contribution >= 4 is 17.6 Å². The van der Waals surface area contributed by atoms with Gasteiger partial charge < -0.3 is 9.47 Å². The van der Waals surface area contributed by atoms with Gasteiger partial charge in [-0.2, -0.15) is 0 Å². The van der Waals surface area contributed by atoms with Crippen LogP contribution in [0, 0.1) is 56.5 Å². The van der Waals surface area contributed by atoms with Crippen molar-refractivity contribution in [2.75, 3.05) is 7.11 Å². The molecule has 1 aromatic rings. The Morgan fingerprint density at radius 3 is 2.38 bits per heavy atom. The fourth-order valence-corrected chi connectivity index (χ4v) is 9.89. The first-order chi connectivity index (χ1) is 18.6. The molecule has 7 nitrogen and oxygen atoms in total. The quantitative estimate of drug-likeness (QED) is 0.204. The average Bonchev–Trinajstić information content (AvgIpc) is 3.29. The van der Waals surface area contributed by atoms with Crippen LogP contribution in [0.1, 0.15) is 102 Å². The van der Waals surface area contributed by atoms with E-state index in [4.69, 9.17) is 9.47 Å². The van der Waals surface area contributed by atoms with Crippen molar-refractivity contribution in [3.63, 3.8) is 0 Å². The maximum Gasteiger partial charge on any atom is 0.338 e. The van der Waals surface area contributed by atoms with E-state index in [0.29, 0.717) is 40.6 Å². The van der Waals surface area contributed by atoms with Crippen molar-refractivity contribution in [1.29, 1.82) is 0 Å². The molecule has 0 amide bonds. The number of methoxy groups -OCH3 is 1. The number of rotatable bonds is 7. The number of nitro groups is 1. The summed E-state index contributed by atoms with van der Waals surface area (Å²) in [5.74, 6) is 3.63. The van der Waals surface area contributed by atoms with E-state index in [9.17, 15) is 19.7 Å². The lowest BCUT2D eigenvalue weighted by Crippen LogP contribution is -2.54. The van der Waals surface area contributed by atoms with Crippen molar-refractivity contribution in [3.05, 3.63) is 39.9 Å². The third-order valence-corrected chi connectivity index (χ3v) is 12.0. The summed E-state index contributed by atoms with van der Waals surface area (Å²) in [7, 11) is 1.48. The highest BCUT2D eigenvalue weighted by atomic mass is 16.6. The lowest BCUT2D eigenvalue weighted by molar-refractivity contribution is -0.384. The van der Waals surface area contributed by atoms with E-state index >= 15 is 0 Å². The summed E-state index contributed by atoms with van der Waals surface area (Å²) in [6, 6.07) is 5.70. The van der Waals surface area contributed by atoms with Gasteiger partial charge in [0.2, 0.25) is 0 Å². The number of nitrogens with zero attached hydrogens (tertiary/aromatic N) is 1. The Bertz CT molecular complexity index is 1090. The molecule has 4 saturated carbocycles. The lowest BCUT2D eigenvalue weighted by Gasteiger charge is -2.61.